The number of aliphatic hydroxyl groups excluding tert-OH is 1. The van der Waals surface area contributed by atoms with Gasteiger partial charge in [-0.1, -0.05) is 24.6 Å². The molecule has 3 atom stereocenters. The standard InChI is InChI=1S/C18H22N4O3/c23-16-8-4-7-14(16)15-11-25-10-9-21(15)18(24)17-19-12-22(20-17)13-5-2-1-3-6-13/h1-3,5-6,12,14-16,23H,4,7-11H2/t14-,15-,16+/m1/s1. The van der Waals surface area contributed by atoms with Crippen LogP contribution in [0.25, 0.3) is 5.69 Å². The summed E-state index contributed by atoms with van der Waals surface area (Å²) in [6, 6.07) is 9.47. The van der Waals surface area contributed by atoms with Crippen LogP contribution >= 0.6 is 0 Å². The Labute approximate surface area is 146 Å². The van der Waals surface area contributed by atoms with Gasteiger partial charge >= 0.3 is 0 Å². The lowest BCUT2D eigenvalue weighted by Crippen LogP contribution is -2.53. The molecule has 25 heavy (non-hydrogen) atoms. The van der Waals surface area contributed by atoms with Gasteiger partial charge in [-0.25, -0.2) is 9.67 Å². The number of carbonyl (C=O) groups is 1. The number of aromatic nitrogens is 3. The van der Waals surface area contributed by atoms with Crippen LogP contribution in [0.3, 0.4) is 0 Å². The molecular weight excluding hydrogens is 320 g/mol. The van der Waals surface area contributed by atoms with Gasteiger partial charge in [0, 0.05) is 12.5 Å². The SMILES string of the molecule is O=C(c1ncn(-c2ccccc2)n1)N1CCOC[C@@H]1[C@H]1CCC[C@@H]1O. The van der Waals surface area contributed by atoms with Gasteiger partial charge in [0.25, 0.3) is 5.91 Å². The first kappa shape index (κ1) is 16.2. The van der Waals surface area contributed by atoms with Gasteiger partial charge < -0.3 is 14.7 Å². The third-order valence-corrected chi connectivity index (χ3v) is 5.16. The Hall–Kier alpha value is -2.25. The molecule has 7 heteroatoms. The molecular formula is C18H22N4O3. The average Bonchev–Trinajstić information content (AvgIpc) is 3.31. The largest absolute Gasteiger partial charge is 0.393 e. The van der Waals surface area contributed by atoms with Crippen molar-refractivity contribution in [3.05, 3.63) is 42.5 Å². The summed E-state index contributed by atoms with van der Waals surface area (Å²) in [4.78, 5) is 19.0. The molecule has 1 aromatic carbocycles. The van der Waals surface area contributed by atoms with Gasteiger partial charge in [0.05, 0.1) is 31.0 Å². The van der Waals surface area contributed by atoms with Crippen molar-refractivity contribution in [2.45, 2.75) is 31.4 Å². The summed E-state index contributed by atoms with van der Waals surface area (Å²) in [7, 11) is 0. The minimum absolute atomic E-state index is 0.0699. The lowest BCUT2D eigenvalue weighted by atomic mass is 9.94. The normalized spacial score (nSPS) is 26.8. The highest BCUT2D eigenvalue weighted by atomic mass is 16.5. The summed E-state index contributed by atoms with van der Waals surface area (Å²) >= 11 is 0. The van der Waals surface area contributed by atoms with E-state index in [1.54, 1.807) is 15.9 Å². The average molecular weight is 342 g/mol. The number of ether oxygens (including phenoxy) is 1. The first-order chi connectivity index (χ1) is 12.2. The van der Waals surface area contributed by atoms with E-state index in [0.29, 0.717) is 19.8 Å². The number of hydrogen-bond acceptors (Lipinski definition) is 5. The molecule has 132 valence electrons. The van der Waals surface area contributed by atoms with Crippen molar-refractivity contribution in [1.82, 2.24) is 19.7 Å². The predicted molar refractivity (Wildman–Crippen MR) is 90.4 cm³/mol. The van der Waals surface area contributed by atoms with Crippen LogP contribution in [0.4, 0.5) is 0 Å². The van der Waals surface area contributed by atoms with E-state index in [0.717, 1.165) is 24.9 Å². The smallest absolute Gasteiger partial charge is 0.293 e. The monoisotopic (exact) mass is 342 g/mol. The lowest BCUT2D eigenvalue weighted by molar-refractivity contribution is -0.0387. The van der Waals surface area contributed by atoms with Crippen LogP contribution in [0.2, 0.25) is 0 Å². The Kier molecular flexibility index (Phi) is 4.50. The highest BCUT2D eigenvalue weighted by molar-refractivity contribution is 5.90. The number of nitrogens with zero attached hydrogens (tertiary/aromatic N) is 4. The second kappa shape index (κ2) is 6.93. The lowest BCUT2D eigenvalue weighted by Gasteiger charge is -2.39. The number of aliphatic hydroxyl groups is 1. The van der Waals surface area contributed by atoms with Crippen molar-refractivity contribution in [2.75, 3.05) is 19.8 Å². The minimum atomic E-state index is -0.364. The van der Waals surface area contributed by atoms with Gasteiger partial charge in [-0.15, -0.1) is 5.10 Å². The summed E-state index contributed by atoms with van der Waals surface area (Å²) in [5, 5.41) is 14.6. The van der Waals surface area contributed by atoms with Crippen molar-refractivity contribution in [3.8, 4) is 5.69 Å². The van der Waals surface area contributed by atoms with Gasteiger partial charge in [0.15, 0.2) is 0 Å². The van der Waals surface area contributed by atoms with Gasteiger partial charge in [0.2, 0.25) is 5.82 Å². The zero-order chi connectivity index (χ0) is 17.2. The molecule has 1 aliphatic heterocycles. The van der Waals surface area contributed by atoms with E-state index in [2.05, 4.69) is 10.1 Å². The highest BCUT2D eigenvalue weighted by Crippen LogP contribution is 2.32. The fraction of sp³-hybridized carbons (Fsp3) is 0.500. The number of morpholine rings is 1. The number of benzene rings is 1. The van der Waals surface area contributed by atoms with Crippen LogP contribution in [-0.2, 0) is 4.74 Å². The highest BCUT2D eigenvalue weighted by Gasteiger charge is 2.40. The van der Waals surface area contributed by atoms with Gasteiger partial charge in [-0.05, 0) is 25.0 Å². The van der Waals surface area contributed by atoms with Crippen molar-refractivity contribution < 1.29 is 14.6 Å². The van der Waals surface area contributed by atoms with Crippen LogP contribution in [-0.4, -0.2) is 62.6 Å². The van der Waals surface area contributed by atoms with Crippen LogP contribution in [0.5, 0.6) is 0 Å². The minimum Gasteiger partial charge on any atom is -0.393 e. The van der Waals surface area contributed by atoms with Crippen LogP contribution < -0.4 is 0 Å². The fourth-order valence-electron chi connectivity index (χ4n) is 3.84. The molecule has 2 fully saturated rings. The Morgan fingerprint density at radius 3 is 2.84 bits per heavy atom. The van der Waals surface area contributed by atoms with E-state index in [1.807, 2.05) is 30.3 Å². The van der Waals surface area contributed by atoms with Crippen LogP contribution in [0, 0.1) is 5.92 Å². The summed E-state index contributed by atoms with van der Waals surface area (Å²) in [5.41, 5.74) is 0.860. The Morgan fingerprint density at radius 2 is 2.08 bits per heavy atom. The van der Waals surface area contributed by atoms with Crippen molar-refractivity contribution >= 4 is 5.91 Å². The number of carbonyl (C=O) groups excluding carboxylic acids is 1. The van der Waals surface area contributed by atoms with E-state index in [9.17, 15) is 9.90 Å². The molecule has 1 saturated heterocycles. The van der Waals surface area contributed by atoms with E-state index in [1.165, 1.54) is 0 Å². The Morgan fingerprint density at radius 1 is 1.24 bits per heavy atom. The molecule has 1 aliphatic carbocycles. The second-order valence-electron chi connectivity index (χ2n) is 6.65. The molecule has 0 bridgehead atoms. The molecule has 2 aliphatic rings. The molecule has 4 rings (SSSR count). The number of rotatable bonds is 3. The molecule has 7 nitrogen and oxygen atoms in total. The Balaban J connectivity index is 1.55. The molecule has 1 saturated carbocycles. The molecule has 2 aromatic rings. The quantitative estimate of drug-likeness (QED) is 0.908. The van der Waals surface area contributed by atoms with E-state index in [-0.39, 0.29) is 29.8 Å². The summed E-state index contributed by atoms with van der Waals surface area (Å²) in [6.45, 7) is 1.48. The Bertz CT molecular complexity index is 733. The van der Waals surface area contributed by atoms with Gasteiger partial charge in [0.1, 0.15) is 6.33 Å². The second-order valence-corrected chi connectivity index (χ2v) is 6.65. The topological polar surface area (TPSA) is 80.5 Å². The molecule has 0 spiro atoms. The zero-order valence-electron chi connectivity index (χ0n) is 14.0. The first-order valence-electron chi connectivity index (χ1n) is 8.78. The molecule has 0 unspecified atom stereocenters. The van der Waals surface area contributed by atoms with E-state index >= 15 is 0 Å². The number of para-hydroxylation sites is 1. The summed E-state index contributed by atoms with van der Waals surface area (Å²) < 4.78 is 7.19. The molecule has 0 radical (unpaired) electrons. The van der Waals surface area contributed by atoms with E-state index in [4.69, 9.17) is 4.74 Å². The molecule has 1 aromatic heterocycles. The number of hydrogen-bond donors (Lipinski definition) is 1. The maximum Gasteiger partial charge on any atom is 0.293 e. The van der Waals surface area contributed by atoms with Crippen molar-refractivity contribution in [2.24, 2.45) is 5.92 Å². The van der Waals surface area contributed by atoms with Gasteiger partial charge in [-0.3, -0.25) is 4.79 Å². The third kappa shape index (κ3) is 3.17. The third-order valence-electron chi connectivity index (χ3n) is 5.16. The molecule has 1 amide bonds. The predicted octanol–water partition coefficient (Wildman–Crippen LogP) is 1.27. The van der Waals surface area contributed by atoms with Crippen molar-refractivity contribution in [1.29, 1.82) is 0 Å². The van der Waals surface area contributed by atoms with Crippen LogP contribution in [0.1, 0.15) is 29.9 Å². The van der Waals surface area contributed by atoms with Gasteiger partial charge in [-0.2, -0.15) is 0 Å². The maximum atomic E-state index is 13.0. The summed E-state index contributed by atoms with van der Waals surface area (Å²) in [6.07, 6.45) is 3.90. The van der Waals surface area contributed by atoms with Crippen molar-refractivity contribution in [3.63, 3.8) is 0 Å². The van der Waals surface area contributed by atoms with E-state index < -0.39 is 0 Å². The molecule has 2 heterocycles. The zero-order valence-corrected chi connectivity index (χ0v) is 14.0. The molecule has 1 N–H and O–H groups in total. The first-order valence-corrected chi connectivity index (χ1v) is 8.78. The summed E-state index contributed by atoms with van der Waals surface area (Å²) in [5.74, 6) is 0.0609. The van der Waals surface area contributed by atoms with Crippen LogP contribution in [0.15, 0.2) is 36.7 Å². The fourth-order valence-corrected chi connectivity index (χ4v) is 3.84. The maximum absolute atomic E-state index is 13.0. The number of amides is 1.